The van der Waals surface area contributed by atoms with Crippen LogP contribution in [-0.2, 0) is 22.4 Å². The molecule has 3 aromatic rings. The summed E-state index contributed by atoms with van der Waals surface area (Å²) < 4.78 is 0. The molecule has 0 heterocycles. The zero-order valence-electron chi connectivity index (χ0n) is 21.6. The Bertz CT molecular complexity index is 1120. The molecule has 2 amide bonds. The average molecular weight is 475 g/mol. The Labute approximate surface area is 209 Å². The lowest BCUT2D eigenvalue weighted by molar-refractivity contribution is -0.144. The standard InChI is InChI=1S/C29H38N4O2/c1-30-26(20-23-15-16-24-13-9-10-14-25(24)19-23)28(34)33(5)27(21-22-11-7-6-8-12-22)29(35)32(4)18-17-31(2)3/h6-16,19,26-27,30H,17-18,20-21H2,1-5H3/t26-,27-/m1/s1. The fraction of sp³-hybridized carbons (Fsp3) is 0.379. The molecule has 1 N–H and O–H groups in total. The summed E-state index contributed by atoms with van der Waals surface area (Å²) in [5.74, 6) is -0.136. The number of benzene rings is 3. The number of likely N-dealkylation sites (N-methyl/N-ethyl adjacent to an activating group) is 4. The highest BCUT2D eigenvalue weighted by Gasteiger charge is 2.32. The lowest BCUT2D eigenvalue weighted by atomic mass is 9.99. The largest absolute Gasteiger partial charge is 0.343 e. The van der Waals surface area contributed by atoms with E-state index in [9.17, 15) is 9.59 Å². The van der Waals surface area contributed by atoms with Gasteiger partial charge in [0.25, 0.3) is 0 Å². The van der Waals surface area contributed by atoms with E-state index in [1.807, 2.05) is 68.5 Å². The fourth-order valence-corrected chi connectivity index (χ4v) is 4.26. The molecule has 0 fully saturated rings. The molecule has 6 heteroatoms. The van der Waals surface area contributed by atoms with Crippen molar-refractivity contribution < 1.29 is 9.59 Å². The van der Waals surface area contributed by atoms with E-state index in [0.717, 1.165) is 23.1 Å². The first-order valence-electron chi connectivity index (χ1n) is 12.2. The molecular formula is C29H38N4O2. The van der Waals surface area contributed by atoms with Crippen LogP contribution < -0.4 is 5.32 Å². The van der Waals surface area contributed by atoms with Gasteiger partial charge in [0.2, 0.25) is 11.8 Å². The molecule has 35 heavy (non-hydrogen) atoms. The Morgan fingerprint density at radius 2 is 1.40 bits per heavy atom. The predicted molar refractivity (Wildman–Crippen MR) is 143 cm³/mol. The molecule has 0 aliphatic heterocycles. The van der Waals surface area contributed by atoms with Crippen LogP contribution >= 0.6 is 0 Å². The molecular weight excluding hydrogens is 436 g/mol. The Balaban J connectivity index is 1.80. The van der Waals surface area contributed by atoms with E-state index < -0.39 is 12.1 Å². The van der Waals surface area contributed by atoms with Crippen molar-refractivity contribution in [1.82, 2.24) is 20.0 Å². The summed E-state index contributed by atoms with van der Waals surface area (Å²) in [6.45, 7) is 1.37. The molecule has 0 saturated carbocycles. The van der Waals surface area contributed by atoms with Crippen molar-refractivity contribution in [3.8, 4) is 0 Å². The van der Waals surface area contributed by atoms with Gasteiger partial charge in [0.1, 0.15) is 6.04 Å². The van der Waals surface area contributed by atoms with Gasteiger partial charge in [-0.2, -0.15) is 0 Å². The van der Waals surface area contributed by atoms with E-state index in [4.69, 9.17) is 0 Å². The van der Waals surface area contributed by atoms with E-state index in [1.54, 1.807) is 23.9 Å². The maximum Gasteiger partial charge on any atom is 0.245 e. The van der Waals surface area contributed by atoms with Crippen molar-refractivity contribution in [3.63, 3.8) is 0 Å². The molecule has 3 aromatic carbocycles. The molecule has 0 bridgehead atoms. The third kappa shape index (κ3) is 7.13. The third-order valence-corrected chi connectivity index (χ3v) is 6.53. The van der Waals surface area contributed by atoms with Gasteiger partial charge in [-0.3, -0.25) is 9.59 Å². The number of carbonyl (C=O) groups is 2. The first-order valence-corrected chi connectivity index (χ1v) is 12.2. The second-order valence-corrected chi connectivity index (χ2v) is 9.44. The molecule has 0 saturated heterocycles. The molecule has 186 valence electrons. The summed E-state index contributed by atoms with van der Waals surface area (Å²) in [7, 11) is 9.33. The average Bonchev–Trinajstić information content (AvgIpc) is 2.88. The van der Waals surface area contributed by atoms with Crippen LogP contribution in [0, 0.1) is 0 Å². The van der Waals surface area contributed by atoms with Gasteiger partial charge in [0.05, 0.1) is 6.04 Å². The van der Waals surface area contributed by atoms with Crippen LogP contribution in [0.5, 0.6) is 0 Å². The van der Waals surface area contributed by atoms with E-state index in [-0.39, 0.29) is 11.8 Å². The van der Waals surface area contributed by atoms with Crippen molar-refractivity contribution in [3.05, 3.63) is 83.9 Å². The first-order chi connectivity index (χ1) is 16.8. The molecule has 0 radical (unpaired) electrons. The maximum absolute atomic E-state index is 13.7. The zero-order valence-corrected chi connectivity index (χ0v) is 21.6. The highest BCUT2D eigenvalue weighted by atomic mass is 16.2. The highest BCUT2D eigenvalue weighted by molar-refractivity contribution is 5.90. The van der Waals surface area contributed by atoms with Crippen molar-refractivity contribution in [1.29, 1.82) is 0 Å². The van der Waals surface area contributed by atoms with E-state index in [2.05, 4.69) is 35.6 Å². The van der Waals surface area contributed by atoms with E-state index in [0.29, 0.717) is 19.4 Å². The van der Waals surface area contributed by atoms with Crippen molar-refractivity contribution in [2.24, 2.45) is 0 Å². The third-order valence-electron chi connectivity index (χ3n) is 6.53. The van der Waals surface area contributed by atoms with Crippen molar-refractivity contribution in [2.45, 2.75) is 24.9 Å². The van der Waals surface area contributed by atoms with Gasteiger partial charge >= 0.3 is 0 Å². The minimum absolute atomic E-state index is 0.0490. The van der Waals surface area contributed by atoms with E-state index >= 15 is 0 Å². The zero-order chi connectivity index (χ0) is 25.4. The quantitative estimate of drug-likeness (QED) is 0.464. The molecule has 0 unspecified atom stereocenters. The normalized spacial score (nSPS) is 13.0. The summed E-state index contributed by atoms with van der Waals surface area (Å²) in [5, 5.41) is 5.51. The lowest BCUT2D eigenvalue weighted by Crippen LogP contribution is -2.55. The van der Waals surface area contributed by atoms with Crippen molar-refractivity contribution in [2.75, 3.05) is 48.3 Å². The van der Waals surface area contributed by atoms with E-state index in [1.165, 1.54) is 5.39 Å². The van der Waals surface area contributed by atoms with Crippen LogP contribution in [-0.4, -0.2) is 86.9 Å². The number of amides is 2. The second-order valence-electron chi connectivity index (χ2n) is 9.44. The number of nitrogens with one attached hydrogen (secondary N) is 1. The molecule has 2 atom stereocenters. The molecule has 0 aliphatic carbocycles. The summed E-state index contributed by atoms with van der Waals surface area (Å²) in [5.41, 5.74) is 2.11. The van der Waals surface area contributed by atoms with Gasteiger partial charge in [-0.15, -0.1) is 0 Å². The van der Waals surface area contributed by atoms with Crippen LogP contribution in [0.2, 0.25) is 0 Å². The number of hydrogen-bond donors (Lipinski definition) is 1. The van der Waals surface area contributed by atoms with Gasteiger partial charge in [0, 0.05) is 33.6 Å². The van der Waals surface area contributed by atoms with Crippen LogP contribution in [0.3, 0.4) is 0 Å². The topological polar surface area (TPSA) is 55.9 Å². The molecule has 0 aromatic heterocycles. The number of carbonyl (C=O) groups excluding carboxylic acids is 2. The van der Waals surface area contributed by atoms with Gasteiger partial charge < -0.3 is 20.0 Å². The molecule has 3 rings (SSSR count). The highest BCUT2D eigenvalue weighted by Crippen LogP contribution is 2.18. The monoisotopic (exact) mass is 474 g/mol. The first kappa shape index (κ1) is 26.4. The van der Waals surface area contributed by atoms with Gasteiger partial charge in [0.15, 0.2) is 0 Å². The minimum atomic E-state index is -0.579. The molecule has 0 aliphatic rings. The summed E-state index contributed by atoms with van der Waals surface area (Å²) in [6.07, 6.45) is 1.02. The van der Waals surface area contributed by atoms with Crippen LogP contribution in [0.1, 0.15) is 11.1 Å². The Hall–Kier alpha value is -3.22. The fourth-order valence-electron chi connectivity index (χ4n) is 4.26. The van der Waals surface area contributed by atoms with Gasteiger partial charge in [-0.1, -0.05) is 72.8 Å². The van der Waals surface area contributed by atoms with Gasteiger partial charge in [-0.25, -0.2) is 0 Å². The maximum atomic E-state index is 13.7. The number of rotatable bonds is 11. The predicted octanol–water partition coefficient (Wildman–Crippen LogP) is 3.06. The smallest absolute Gasteiger partial charge is 0.245 e. The molecule has 0 spiro atoms. The molecule has 6 nitrogen and oxygen atoms in total. The lowest BCUT2D eigenvalue weighted by Gasteiger charge is -2.33. The summed E-state index contributed by atoms with van der Waals surface area (Å²) >= 11 is 0. The summed E-state index contributed by atoms with van der Waals surface area (Å²) in [6, 6.07) is 23.4. The second kappa shape index (κ2) is 12.5. The number of nitrogens with zero attached hydrogens (tertiary/aromatic N) is 3. The number of fused-ring (bicyclic) bond motifs is 1. The Morgan fingerprint density at radius 1 is 0.743 bits per heavy atom. The Kier molecular flexibility index (Phi) is 9.40. The van der Waals surface area contributed by atoms with Crippen LogP contribution in [0.15, 0.2) is 72.8 Å². The SMILES string of the molecule is CN[C@H](Cc1ccc2ccccc2c1)C(=O)N(C)[C@H](Cc1ccccc1)C(=O)N(C)CCN(C)C. The van der Waals surface area contributed by atoms with Crippen molar-refractivity contribution >= 4 is 22.6 Å². The number of hydrogen-bond acceptors (Lipinski definition) is 4. The summed E-state index contributed by atoms with van der Waals surface area (Å²) in [4.78, 5) is 32.6. The Morgan fingerprint density at radius 3 is 2.06 bits per heavy atom. The van der Waals surface area contributed by atoms with Crippen LogP contribution in [0.25, 0.3) is 10.8 Å². The van der Waals surface area contributed by atoms with Crippen LogP contribution in [0.4, 0.5) is 0 Å². The minimum Gasteiger partial charge on any atom is -0.343 e. The van der Waals surface area contributed by atoms with Gasteiger partial charge in [-0.05, 0) is 49.5 Å².